The van der Waals surface area contributed by atoms with E-state index in [9.17, 15) is 14.7 Å². The van der Waals surface area contributed by atoms with Crippen LogP contribution in [0.25, 0.3) is 0 Å². The molecule has 1 aliphatic carbocycles. The standard InChI is InChI=1S/C29H33NO6/c31-26-19-21(20-29(13-3-17-36-29)25-12-18-35-27(25)28(32)33)11-15-30(26)14-4-16-34-24-9-7-23(8-10-24)22-5-1-2-6-22/h7-12,15,18-19,22H,1-6,13-14,16-17,20H2,(H,32,33). The molecule has 5 rings (SSSR count). The number of pyridine rings is 1. The van der Waals surface area contributed by atoms with Gasteiger partial charge in [0.1, 0.15) is 11.4 Å². The van der Waals surface area contributed by atoms with E-state index in [0.717, 1.165) is 17.7 Å². The first-order valence-electron chi connectivity index (χ1n) is 12.9. The Kier molecular flexibility index (Phi) is 7.28. The molecule has 0 amide bonds. The zero-order valence-corrected chi connectivity index (χ0v) is 20.5. The molecule has 0 spiro atoms. The second kappa shape index (κ2) is 10.7. The minimum Gasteiger partial charge on any atom is -0.494 e. The van der Waals surface area contributed by atoms with Crippen molar-refractivity contribution >= 4 is 5.97 Å². The van der Waals surface area contributed by atoms with Crippen LogP contribution in [0.2, 0.25) is 0 Å². The predicted octanol–water partition coefficient (Wildman–Crippen LogP) is 5.51. The Balaban J connectivity index is 1.17. The number of ether oxygens (including phenoxy) is 2. The highest BCUT2D eigenvalue weighted by Crippen LogP contribution is 2.41. The third-order valence-electron chi connectivity index (χ3n) is 7.52. The normalized spacial score (nSPS) is 20.1. The molecule has 36 heavy (non-hydrogen) atoms. The Bertz CT molecular complexity index is 1230. The summed E-state index contributed by atoms with van der Waals surface area (Å²) < 4.78 is 18.8. The molecule has 7 heteroatoms. The molecule has 2 fully saturated rings. The summed E-state index contributed by atoms with van der Waals surface area (Å²) in [6.45, 7) is 1.64. The smallest absolute Gasteiger partial charge is 0.372 e. The van der Waals surface area contributed by atoms with Gasteiger partial charge in [-0.05, 0) is 73.4 Å². The first-order chi connectivity index (χ1) is 17.5. The van der Waals surface area contributed by atoms with Gasteiger partial charge in [0.2, 0.25) is 5.76 Å². The van der Waals surface area contributed by atoms with Crippen molar-refractivity contribution in [1.82, 2.24) is 4.57 Å². The van der Waals surface area contributed by atoms with Gasteiger partial charge in [-0.25, -0.2) is 4.79 Å². The summed E-state index contributed by atoms with van der Waals surface area (Å²) in [6.07, 6.45) is 11.0. The van der Waals surface area contributed by atoms with E-state index in [1.54, 1.807) is 22.9 Å². The molecule has 1 N–H and O–H groups in total. The lowest BCUT2D eigenvalue weighted by molar-refractivity contribution is -0.00171. The number of benzene rings is 1. The van der Waals surface area contributed by atoms with Crippen molar-refractivity contribution in [1.29, 1.82) is 0 Å². The molecule has 3 aromatic rings. The van der Waals surface area contributed by atoms with E-state index < -0.39 is 11.6 Å². The second-order valence-electron chi connectivity index (χ2n) is 9.91. The van der Waals surface area contributed by atoms with E-state index in [2.05, 4.69) is 12.1 Å². The zero-order valence-electron chi connectivity index (χ0n) is 20.5. The lowest BCUT2D eigenvalue weighted by atomic mass is 9.85. The van der Waals surface area contributed by atoms with Crippen LogP contribution >= 0.6 is 0 Å². The summed E-state index contributed by atoms with van der Waals surface area (Å²) in [6, 6.07) is 13.6. The maximum absolute atomic E-state index is 12.8. The molecule has 1 saturated heterocycles. The number of hydrogen-bond acceptors (Lipinski definition) is 5. The first kappa shape index (κ1) is 24.4. The lowest BCUT2D eigenvalue weighted by Crippen LogP contribution is -2.30. The predicted molar refractivity (Wildman–Crippen MR) is 135 cm³/mol. The molecule has 0 bridgehead atoms. The van der Waals surface area contributed by atoms with Crippen LogP contribution < -0.4 is 10.3 Å². The molecule has 1 aromatic carbocycles. The van der Waals surface area contributed by atoms with Crippen molar-refractivity contribution in [2.75, 3.05) is 13.2 Å². The number of carboxylic acid groups (broad SMARTS) is 1. The van der Waals surface area contributed by atoms with Crippen LogP contribution in [0.4, 0.5) is 0 Å². The molecule has 2 aromatic heterocycles. The van der Waals surface area contributed by atoms with E-state index in [1.807, 2.05) is 18.2 Å². The van der Waals surface area contributed by atoms with Crippen molar-refractivity contribution in [2.45, 2.75) is 69.4 Å². The van der Waals surface area contributed by atoms with Gasteiger partial charge in [0.15, 0.2) is 0 Å². The third kappa shape index (κ3) is 5.26. The zero-order chi connectivity index (χ0) is 25.0. The van der Waals surface area contributed by atoms with Crippen molar-refractivity contribution in [3.63, 3.8) is 0 Å². The van der Waals surface area contributed by atoms with Crippen molar-refractivity contribution in [2.24, 2.45) is 0 Å². The number of carboxylic acids is 1. The van der Waals surface area contributed by atoms with Crippen molar-refractivity contribution < 1.29 is 23.8 Å². The molecule has 1 unspecified atom stereocenters. The quantitative estimate of drug-likeness (QED) is 0.376. The van der Waals surface area contributed by atoms with Crippen LogP contribution in [0.15, 0.2) is 64.1 Å². The molecule has 190 valence electrons. The van der Waals surface area contributed by atoms with Gasteiger partial charge in [-0.3, -0.25) is 4.79 Å². The van der Waals surface area contributed by atoms with Crippen LogP contribution in [-0.2, 0) is 23.3 Å². The average Bonchev–Trinajstić information content (AvgIpc) is 3.66. The summed E-state index contributed by atoms with van der Waals surface area (Å²) in [5.74, 6) is 0.342. The summed E-state index contributed by atoms with van der Waals surface area (Å²) >= 11 is 0. The molecule has 1 atom stereocenters. The molecule has 0 radical (unpaired) electrons. The Labute approximate surface area is 210 Å². The number of aromatic nitrogens is 1. The second-order valence-corrected chi connectivity index (χ2v) is 9.91. The van der Waals surface area contributed by atoms with Gasteiger partial charge in [-0.15, -0.1) is 0 Å². The van der Waals surface area contributed by atoms with Crippen molar-refractivity contribution in [3.05, 3.63) is 87.7 Å². The van der Waals surface area contributed by atoms with E-state index in [1.165, 1.54) is 37.5 Å². The van der Waals surface area contributed by atoms with E-state index >= 15 is 0 Å². The van der Waals surface area contributed by atoms with E-state index in [4.69, 9.17) is 13.9 Å². The number of furan rings is 1. The van der Waals surface area contributed by atoms with Gasteiger partial charge in [0.05, 0.1) is 12.9 Å². The molecule has 1 aliphatic heterocycles. The summed E-state index contributed by atoms with van der Waals surface area (Å²) in [5, 5.41) is 9.50. The SMILES string of the molecule is O=C(O)c1occc1C1(Cc2ccn(CCCOc3ccc(C4CCCC4)cc3)c(=O)c2)CCCO1. The van der Waals surface area contributed by atoms with Gasteiger partial charge < -0.3 is 23.6 Å². The summed E-state index contributed by atoms with van der Waals surface area (Å²) in [7, 11) is 0. The molecule has 1 saturated carbocycles. The Morgan fingerprint density at radius 2 is 1.92 bits per heavy atom. The Morgan fingerprint density at radius 3 is 2.61 bits per heavy atom. The van der Waals surface area contributed by atoms with Gasteiger partial charge in [-0.1, -0.05) is 25.0 Å². The van der Waals surface area contributed by atoms with Gasteiger partial charge >= 0.3 is 5.97 Å². The fourth-order valence-electron chi connectivity index (χ4n) is 5.67. The Hall–Kier alpha value is -3.32. The topological polar surface area (TPSA) is 90.9 Å². The van der Waals surface area contributed by atoms with Gasteiger partial charge in [-0.2, -0.15) is 0 Å². The van der Waals surface area contributed by atoms with Crippen LogP contribution in [0, 0.1) is 0 Å². The van der Waals surface area contributed by atoms with Gasteiger partial charge in [0, 0.05) is 37.4 Å². The monoisotopic (exact) mass is 491 g/mol. The number of aryl methyl sites for hydroxylation is 1. The largest absolute Gasteiger partial charge is 0.494 e. The van der Waals surface area contributed by atoms with Crippen LogP contribution in [-0.4, -0.2) is 28.9 Å². The summed E-state index contributed by atoms with van der Waals surface area (Å²) in [4.78, 5) is 24.4. The Morgan fingerprint density at radius 1 is 1.11 bits per heavy atom. The number of hydrogen-bond donors (Lipinski definition) is 1. The molecule has 7 nitrogen and oxygen atoms in total. The number of carbonyl (C=O) groups is 1. The molecular formula is C29H33NO6. The first-order valence-corrected chi connectivity index (χ1v) is 12.9. The van der Waals surface area contributed by atoms with Crippen molar-refractivity contribution in [3.8, 4) is 5.75 Å². The number of nitrogens with zero attached hydrogens (tertiary/aromatic N) is 1. The molecular weight excluding hydrogens is 458 g/mol. The van der Waals surface area contributed by atoms with Crippen LogP contribution in [0.3, 0.4) is 0 Å². The van der Waals surface area contributed by atoms with Crippen LogP contribution in [0.1, 0.15) is 78.1 Å². The fraction of sp³-hybridized carbons (Fsp3) is 0.448. The van der Waals surface area contributed by atoms with Crippen LogP contribution in [0.5, 0.6) is 5.75 Å². The highest BCUT2D eigenvalue weighted by molar-refractivity contribution is 5.86. The summed E-state index contributed by atoms with van der Waals surface area (Å²) in [5.41, 5.74) is 1.87. The third-order valence-corrected chi connectivity index (χ3v) is 7.52. The number of aromatic carboxylic acids is 1. The minimum atomic E-state index is -1.12. The molecule has 2 aliphatic rings. The maximum Gasteiger partial charge on any atom is 0.372 e. The highest BCUT2D eigenvalue weighted by atomic mass is 16.5. The highest BCUT2D eigenvalue weighted by Gasteiger charge is 2.41. The number of rotatable bonds is 10. The van der Waals surface area contributed by atoms with E-state index in [0.29, 0.717) is 50.5 Å². The van der Waals surface area contributed by atoms with E-state index in [-0.39, 0.29) is 11.3 Å². The fourth-order valence-corrected chi connectivity index (χ4v) is 5.67. The van der Waals surface area contributed by atoms with Gasteiger partial charge in [0.25, 0.3) is 5.56 Å². The lowest BCUT2D eigenvalue weighted by Gasteiger charge is -2.28. The minimum absolute atomic E-state index is 0.0905. The molecule has 3 heterocycles. The average molecular weight is 492 g/mol. The maximum atomic E-state index is 12.8.